The van der Waals surface area contributed by atoms with Crippen LogP contribution in [-0.4, -0.2) is 29.0 Å². The number of ether oxygens (including phenoxy) is 1. The number of rotatable bonds is 8. The molecule has 0 saturated carbocycles. The van der Waals surface area contributed by atoms with Crippen LogP contribution >= 0.6 is 0 Å². The SMILES string of the molecule is CCCC(O)C(O)CC(C)c1ccc(OCC)c(C(C)(C)C)c1. The van der Waals surface area contributed by atoms with E-state index in [0.717, 1.165) is 12.2 Å². The third kappa shape index (κ3) is 5.82. The average Bonchev–Trinajstić information content (AvgIpc) is 2.46. The molecule has 1 rings (SSSR count). The summed E-state index contributed by atoms with van der Waals surface area (Å²) in [5.41, 5.74) is 2.37. The van der Waals surface area contributed by atoms with E-state index < -0.39 is 12.2 Å². The predicted octanol–water partition coefficient (Wildman–Crippen LogP) is 4.40. The highest BCUT2D eigenvalue weighted by molar-refractivity contribution is 5.42. The molecule has 0 spiro atoms. The number of aliphatic hydroxyl groups is 2. The van der Waals surface area contributed by atoms with E-state index in [2.05, 4.69) is 39.8 Å². The molecule has 0 aliphatic rings. The van der Waals surface area contributed by atoms with Gasteiger partial charge in [-0.3, -0.25) is 0 Å². The van der Waals surface area contributed by atoms with Crippen LogP contribution in [0.25, 0.3) is 0 Å². The maximum absolute atomic E-state index is 10.2. The zero-order valence-electron chi connectivity index (χ0n) is 15.6. The first kappa shape index (κ1) is 20.0. The minimum Gasteiger partial charge on any atom is -0.494 e. The van der Waals surface area contributed by atoms with Crippen molar-refractivity contribution in [2.24, 2.45) is 0 Å². The molecule has 0 saturated heterocycles. The predicted molar refractivity (Wildman–Crippen MR) is 96.3 cm³/mol. The standard InChI is InChI=1S/C20H34O3/c1-7-9-17(21)18(22)12-14(3)15-10-11-19(23-8-2)16(13-15)20(4,5)6/h10-11,13-14,17-18,21-22H,7-9,12H2,1-6H3. The Morgan fingerprint density at radius 2 is 1.74 bits per heavy atom. The second kappa shape index (κ2) is 8.70. The molecule has 3 unspecified atom stereocenters. The van der Waals surface area contributed by atoms with Gasteiger partial charge in [0.25, 0.3) is 0 Å². The van der Waals surface area contributed by atoms with Gasteiger partial charge in [-0.25, -0.2) is 0 Å². The summed E-state index contributed by atoms with van der Waals surface area (Å²) in [7, 11) is 0. The van der Waals surface area contributed by atoms with Gasteiger partial charge in [-0.15, -0.1) is 0 Å². The Morgan fingerprint density at radius 1 is 1.09 bits per heavy atom. The van der Waals surface area contributed by atoms with Crippen LogP contribution in [0.4, 0.5) is 0 Å². The molecule has 0 aliphatic heterocycles. The molecule has 3 heteroatoms. The van der Waals surface area contributed by atoms with Crippen molar-refractivity contribution >= 4 is 0 Å². The van der Waals surface area contributed by atoms with Gasteiger partial charge >= 0.3 is 0 Å². The smallest absolute Gasteiger partial charge is 0.123 e. The summed E-state index contributed by atoms with van der Waals surface area (Å²) in [6, 6.07) is 6.29. The Hall–Kier alpha value is -1.06. The van der Waals surface area contributed by atoms with Crippen molar-refractivity contribution in [1.82, 2.24) is 0 Å². The van der Waals surface area contributed by atoms with Gasteiger partial charge in [0.2, 0.25) is 0 Å². The number of benzene rings is 1. The van der Waals surface area contributed by atoms with Gasteiger partial charge in [0.05, 0.1) is 18.8 Å². The lowest BCUT2D eigenvalue weighted by Crippen LogP contribution is -2.27. The molecule has 1 aromatic carbocycles. The van der Waals surface area contributed by atoms with E-state index in [1.807, 2.05) is 19.9 Å². The van der Waals surface area contributed by atoms with Gasteiger partial charge < -0.3 is 14.9 Å². The number of aliphatic hydroxyl groups excluding tert-OH is 2. The lowest BCUT2D eigenvalue weighted by atomic mass is 9.83. The molecule has 23 heavy (non-hydrogen) atoms. The largest absolute Gasteiger partial charge is 0.494 e. The minimum absolute atomic E-state index is 0.000569. The van der Waals surface area contributed by atoms with Gasteiger partial charge in [0, 0.05) is 0 Å². The Labute approximate surface area is 141 Å². The molecule has 0 radical (unpaired) electrons. The summed E-state index contributed by atoms with van der Waals surface area (Å²) in [4.78, 5) is 0. The van der Waals surface area contributed by atoms with Crippen molar-refractivity contribution in [2.75, 3.05) is 6.61 Å². The van der Waals surface area contributed by atoms with Crippen molar-refractivity contribution < 1.29 is 14.9 Å². The highest BCUT2D eigenvalue weighted by Gasteiger charge is 2.23. The molecule has 0 bridgehead atoms. The van der Waals surface area contributed by atoms with E-state index in [9.17, 15) is 10.2 Å². The van der Waals surface area contributed by atoms with E-state index in [1.54, 1.807) is 0 Å². The molecule has 0 heterocycles. The second-order valence-electron chi connectivity index (χ2n) is 7.50. The summed E-state index contributed by atoms with van der Waals surface area (Å²) < 4.78 is 5.76. The topological polar surface area (TPSA) is 49.7 Å². The fraction of sp³-hybridized carbons (Fsp3) is 0.700. The van der Waals surface area contributed by atoms with Crippen LogP contribution in [0.2, 0.25) is 0 Å². The van der Waals surface area contributed by atoms with Crippen LogP contribution in [0.1, 0.15) is 77.8 Å². The fourth-order valence-electron chi connectivity index (χ4n) is 2.87. The van der Waals surface area contributed by atoms with Crippen molar-refractivity contribution in [3.63, 3.8) is 0 Å². The van der Waals surface area contributed by atoms with Crippen LogP contribution in [-0.2, 0) is 5.41 Å². The first-order valence-electron chi connectivity index (χ1n) is 8.84. The quantitative estimate of drug-likeness (QED) is 0.746. The highest BCUT2D eigenvalue weighted by Crippen LogP contribution is 2.35. The van der Waals surface area contributed by atoms with Gasteiger partial charge in [-0.2, -0.15) is 0 Å². The van der Waals surface area contributed by atoms with Crippen molar-refractivity contribution in [3.8, 4) is 5.75 Å². The Morgan fingerprint density at radius 3 is 2.26 bits per heavy atom. The zero-order chi connectivity index (χ0) is 17.6. The maximum atomic E-state index is 10.2. The van der Waals surface area contributed by atoms with E-state index in [1.165, 1.54) is 11.1 Å². The van der Waals surface area contributed by atoms with E-state index in [-0.39, 0.29) is 11.3 Å². The number of hydrogen-bond donors (Lipinski definition) is 2. The average molecular weight is 322 g/mol. The zero-order valence-corrected chi connectivity index (χ0v) is 15.6. The van der Waals surface area contributed by atoms with Gasteiger partial charge in [-0.05, 0) is 48.3 Å². The summed E-state index contributed by atoms with van der Waals surface area (Å²) in [6.07, 6.45) is 0.786. The molecule has 0 aromatic heterocycles. The van der Waals surface area contributed by atoms with Crippen LogP contribution in [0.5, 0.6) is 5.75 Å². The van der Waals surface area contributed by atoms with Crippen LogP contribution in [0.15, 0.2) is 18.2 Å². The van der Waals surface area contributed by atoms with Crippen molar-refractivity contribution in [1.29, 1.82) is 0 Å². The Bertz CT molecular complexity index is 476. The number of hydrogen-bond acceptors (Lipinski definition) is 3. The van der Waals surface area contributed by atoms with Gasteiger partial charge in [-0.1, -0.05) is 53.2 Å². The first-order chi connectivity index (χ1) is 10.7. The third-order valence-electron chi connectivity index (χ3n) is 4.30. The van der Waals surface area contributed by atoms with Crippen LogP contribution < -0.4 is 4.74 Å². The molecular weight excluding hydrogens is 288 g/mol. The lowest BCUT2D eigenvalue weighted by Gasteiger charge is -2.26. The molecule has 1 aromatic rings. The van der Waals surface area contributed by atoms with E-state index in [4.69, 9.17) is 4.74 Å². The molecule has 0 fully saturated rings. The molecule has 2 N–H and O–H groups in total. The maximum Gasteiger partial charge on any atom is 0.123 e. The Balaban J connectivity index is 2.95. The van der Waals surface area contributed by atoms with Crippen molar-refractivity contribution in [2.45, 2.75) is 84.3 Å². The van der Waals surface area contributed by atoms with Gasteiger partial charge in [0.15, 0.2) is 0 Å². The molecule has 3 atom stereocenters. The van der Waals surface area contributed by atoms with E-state index >= 15 is 0 Å². The summed E-state index contributed by atoms with van der Waals surface area (Å²) >= 11 is 0. The van der Waals surface area contributed by atoms with E-state index in [0.29, 0.717) is 19.4 Å². The Kier molecular flexibility index (Phi) is 7.56. The summed E-state index contributed by atoms with van der Waals surface area (Å²) in [5, 5.41) is 20.1. The molecule has 0 aliphatic carbocycles. The first-order valence-corrected chi connectivity index (χ1v) is 8.84. The van der Waals surface area contributed by atoms with Crippen LogP contribution in [0.3, 0.4) is 0 Å². The molecule has 0 amide bonds. The summed E-state index contributed by atoms with van der Waals surface area (Å²) in [5.74, 6) is 1.12. The fourth-order valence-corrected chi connectivity index (χ4v) is 2.87. The molecular formula is C20H34O3. The second-order valence-corrected chi connectivity index (χ2v) is 7.50. The summed E-state index contributed by atoms with van der Waals surface area (Å²) in [6.45, 7) is 13.3. The highest BCUT2D eigenvalue weighted by atomic mass is 16.5. The minimum atomic E-state index is -0.672. The van der Waals surface area contributed by atoms with Gasteiger partial charge in [0.1, 0.15) is 5.75 Å². The van der Waals surface area contributed by atoms with Crippen LogP contribution in [0, 0.1) is 0 Å². The normalized spacial score (nSPS) is 16.0. The van der Waals surface area contributed by atoms with Crippen molar-refractivity contribution in [3.05, 3.63) is 29.3 Å². The monoisotopic (exact) mass is 322 g/mol. The molecule has 3 nitrogen and oxygen atoms in total. The molecule has 132 valence electrons. The third-order valence-corrected chi connectivity index (χ3v) is 4.30. The lowest BCUT2D eigenvalue weighted by molar-refractivity contribution is 0.00637.